The molecule has 0 saturated heterocycles. The van der Waals surface area contributed by atoms with E-state index in [9.17, 15) is 0 Å². The number of nitrogens with one attached hydrogen (secondary N) is 1. The summed E-state index contributed by atoms with van der Waals surface area (Å²) in [6.45, 7) is 0.929. The maximum absolute atomic E-state index is 3.69. The van der Waals surface area contributed by atoms with E-state index in [1.165, 1.54) is 29.5 Å². The van der Waals surface area contributed by atoms with Gasteiger partial charge in [0.25, 0.3) is 0 Å². The molecule has 1 unspecified atom stereocenters. The molecule has 1 aliphatic rings. The smallest absolute Gasteiger partial charge is 0.0320 e. The second-order valence-corrected chi connectivity index (χ2v) is 7.05. The maximum atomic E-state index is 3.69. The largest absolute Gasteiger partial charge is 0.310 e. The molecule has 0 bridgehead atoms. The van der Waals surface area contributed by atoms with Gasteiger partial charge in [0.2, 0.25) is 0 Å². The molecule has 1 nitrogen and oxygen atoms in total. The normalized spacial score (nSPS) is 17.8. The zero-order chi connectivity index (χ0) is 13.9. The van der Waals surface area contributed by atoms with Gasteiger partial charge in [-0.25, -0.2) is 0 Å². The number of aryl methyl sites for hydroxylation is 1. The average Bonchev–Trinajstić information content (AvgIpc) is 2.48. The second kappa shape index (κ2) is 6.42. The van der Waals surface area contributed by atoms with Gasteiger partial charge in [-0.15, -0.1) is 0 Å². The van der Waals surface area contributed by atoms with Gasteiger partial charge >= 0.3 is 0 Å². The van der Waals surface area contributed by atoms with Crippen LogP contribution in [0.5, 0.6) is 0 Å². The molecule has 0 amide bonds. The molecule has 2 aromatic carbocycles. The lowest BCUT2D eigenvalue weighted by atomic mass is 9.88. The number of halogens is 2. The third-order valence-electron chi connectivity index (χ3n) is 3.93. The molecule has 1 N–H and O–H groups in total. The molecular weight excluding hydrogens is 378 g/mol. The highest BCUT2D eigenvalue weighted by atomic mass is 79.9. The summed E-state index contributed by atoms with van der Waals surface area (Å²) in [5.41, 5.74) is 4.35. The van der Waals surface area contributed by atoms with Crippen molar-refractivity contribution in [1.82, 2.24) is 5.32 Å². The SMILES string of the molecule is Brc1ccc(CNC2CCc3ccccc3C2)cc1Br. The highest BCUT2D eigenvalue weighted by molar-refractivity contribution is 9.13. The predicted octanol–water partition coefficient (Wildman–Crippen LogP) is 4.86. The molecule has 0 aliphatic heterocycles. The van der Waals surface area contributed by atoms with E-state index in [4.69, 9.17) is 0 Å². The molecule has 0 aromatic heterocycles. The van der Waals surface area contributed by atoms with Crippen LogP contribution in [-0.4, -0.2) is 6.04 Å². The van der Waals surface area contributed by atoms with Gasteiger partial charge in [0.05, 0.1) is 0 Å². The molecule has 3 heteroatoms. The Kier molecular flexibility index (Phi) is 4.59. The fourth-order valence-corrected chi connectivity index (χ4v) is 3.46. The summed E-state index contributed by atoms with van der Waals surface area (Å²) in [5.74, 6) is 0. The average molecular weight is 395 g/mol. The molecule has 20 heavy (non-hydrogen) atoms. The molecular formula is C17H17Br2N. The van der Waals surface area contributed by atoms with E-state index in [-0.39, 0.29) is 0 Å². The van der Waals surface area contributed by atoms with Crippen molar-refractivity contribution in [3.05, 3.63) is 68.1 Å². The third-order valence-corrected chi connectivity index (χ3v) is 5.81. The third kappa shape index (κ3) is 3.33. The molecule has 0 heterocycles. The van der Waals surface area contributed by atoms with Gasteiger partial charge in [0.15, 0.2) is 0 Å². The Labute approximate surface area is 137 Å². The van der Waals surface area contributed by atoms with Crippen LogP contribution in [0.2, 0.25) is 0 Å². The van der Waals surface area contributed by atoms with E-state index in [0.717, 1.165) is 21.9 Å². The van der Waals surface area contributed by atoms with Gasteiger partial charge in [-0.2, -0.15) is 0 Å². The number of hydrogen-bond acceptors (Lipinski definition) is 1. The molecule has 104 valence electrons. The Morgan fingerprint density at radius 1 is 1.00 bits per heavy atom. The fourth-order valence-electron chi connectivity index (χ4n) is 2.78. The first-order chi connectivity index (χ1) is 9.72. The summed E-state index contributed by atoms with van der Waals surface area (Å²) >= 11 is 7.07. The van der Waals surface area contributed by atoms with Crippen LogP contribution in [0.25, 0.3) is 0 Å². The highest BCUT2D eigenvalue weighted by Gasteiger charge is 2.17. The van der Waals surface area contributed by atoms with Gasteiger partial charge in [0.1, 0.15) is 0 Å². The van der Waals surface area contributed by atoms with E-state index in [0.29, 0.717) is 6.04 Å². The summed E-state index contributed by atoms with van der Waals surface area (Å²) in [7, 11) is 0. The van der Waals surface area contributed by atoms with Crippen molar-refractivity contribution in [3.63, 3.8) is 0 Å². The number of fused-ring (bicyclic) bond motifs is 1. The minimum Gasteiger partial charge on any atom is -0.310 e. The first-order valence-corrected chi connectivity index (χ1v) is 8.55. The lowest BCUT2D eigenvalue weighted by Crippen LogP contribution is -2.34. The summed E-state index contributed by atoms with van der Waals surface area (Å²) in [5, 5.41) is 3.69. The van der Waals surface area contributed by atoms with Gasteiger partial charge in [0, 0.05) is 21.5 Å². The van der Waals surface area contributed by atoms with Gasteiger partial charge < -0.3 is 5.32 Å². The van der Waals surface area contributed by atoms with Crippen molar-refractivity contribution < 1.29 is 0 Å². The zero-order valence-electron chi connectivity index (χ0n) is 11.2. The lowest BCUT2D eigenvalue weighted by Gasteiger charge is -2.25. The van der Waals surface area contributed by atoms with E-state index in [2.05, 4.69) is 79.6 Å². The van der Waals surface area contributed by atoms with Crippen molar-refractivity contribution in [2.45, 2.75) is 31.8 Å². The van der Waals surface area contributed by atoms with E-state index in [1.54, 1.807) is 0 Å². The van der Waals surface area contributed by atoms with Gasteiger partial charge in [-0.05, 0) is 79.9 Å². The predicted molar refractivity (Wildman–Crippen MR) is 90.9 cm³/mol. The second-order valence-electron chi connectivity index (χ2n) is 5.34. The monoisotopic (exact) mass is 393 g/mol. The molecule has 0 radical (unpaired) electrons. The van der Waals surface area contributed by atoms with Crippen molar-refractivity contribution in [1.29, 1.82) is 0 Å². The first kappa shape index (κ1) is 14.3. The fraction of sp³-hybridized carbons (Fsp3) is 0.294. The Morgan fingerprint density at radius 3 is 2.60 bits per heavy atom. The Hall–Kier alpha value is -0.640. The van der Waals surface area contributed by atoms with Crippen molar-refractivity contribution in [2.75, 3.05) is 0 Å². The molecule has 0 spiro atoms. The Balaban J connectivity index is 1.61. The van der Waals surface area contributed by atoms with Crippen molar-refractivity contribution in [2.24, 2.45) is 0 Å². The zero-order valence-corrected chi connectivity index (χ0v) is 14.4. The summed E-state index contributed by atoms with van der Waals surface area (Å²) in [6, 6.07) is 15.8. The van der Waals surface area contributed by atoms with Gasteiger partial charge in [-0.3, -0.25) is 0 Å². The van der Waals surface area contributed by atoms with E-state index < -0.39 is 0 Å². The summed E-state index contributed by atoms with van der Waals surface area (Å²) in [6.07, 6.45) is 3.57. The minimum absolute atomic E-state index is 0.590. The van der Waals surface area contributed by atoms with E-state index in [1.807, 2.05) is 0 Å². The molecule has 1 atom stereocenters. The van der Waals surface area contributed by atoms with Crippen LogP contribution in [-0.2, 0) is 19.4 Å². The topological polar surface area (TPSA) is 12.0 Å². The van der Waals surface area contributed by atoms with Crippen LogP contribution in [0.1, 0.15) is 23.1 Å². The van der Waals surface area contributed by atoms with Crippen LogP contribution in [0.4, 0.5) is 0 Å². The first-order valence-electron chi connectivity index (χ1n) is 6.96. The number of rotatable bonds is 3. The minimum atomic E-state index is 0.590. The summed E-state index contributed by atoms with van der Waals surface area (Å²) < 4.78 is 2.22. The molecule has 1 aliphatic carbocycles. The number of benzene rings is 2. The van der Waals surface area contributed by atoms with Crippen LogP contribution < -0.4 is 5.32 Å². The molecule has 3 rings (SSSR count). The van der Waals surface area contributed by atoms with Crippen LogP contribution in [0, 0.1) is 0 Å². The highest BCUT2D eigenvalue weighted by Crippen LogP contribution is 2.24. The quantitative estimate of drug-likeness (QED) is 0.783. The molecule has 0 saturated carbocycles. The van der Waals surface area contributed by atoms with Crippen molar-refractivity contribution in [3.8, 4) is 0 Å². The molecule has 0 fully saturated rings. The maximum Gasteiger partial charge on any atom is 0.0320 e. The van der Waals surface area contributed by atoms with Crippen molar-refractivity contribution >= 4 is 31.9 Å². The molecule has 2 aromatic rings. The number of hydrogen-bond donors (Lipinski definition) is 1. The van der Waals surface area contributed by atoms with Gasteiger partial charge in [-0.1, -0.05) is 30.3 Å². The Morgan fingerprint density at radius 2 is 1.80 bits per heavy atom. The van der Waals surface area contributed by atoms with Crippen LogP contribution >= 0.6 is 31.9 Å². The van der Waals surface area contributed by atoms with Crippen LogP contribution in [0.3, 0.4) is 0 Å². The standard InChI is InChI=1S/C17H17Br2N/c18-16-8-5-12(9-17(16)19)11-20-15-7-6-13-3-1-2-4-14(13)10-15/h1-5,8-9,15,20H,6-7,10-11H2. The van der Waals surface area contributed by atoms with Crippen LogP contribution in [0.15, 0.2) is 51.4 Å². The lowest BCUT2D eigenvalue weighted by molar-refractivity contribution is 0.457. The van der Waals surface area contributed by atoms with E-state index >= 15 is 0 Å². The Bertz CT molecular complexity index is 610. The summed E-state index contributed by atoms with van der Waals surface area (Å²) in [4.78, 5) is 0.